The van der Waals surface area contributed by atoms with Crippen LogP contribution in [-0.2, 0) is 16.0 Å². The molecule has 1 amide bonds. The van der Waals surface area contributed by atoms with E-state index in [0.29, 0.717) is 5.92 Å². The van der Waals surface area contributed by atoms with Gasteiger partial charge in [-0.1, -0.05) is 24.3 Å². The maximum absolute atomic E-state index is 11.3. The van der Waals surface area contributed by atoms with Crippen molar-refractivity contribution in [1.29, 1.82) is 0 Å². The highest BCUT2D eigenvalue weighted by Gasteiger charge is 2.21. The Balaban J connectivity index is 1.96. The summed E-state index contributed by atoms with van der Waals surface area (Å²) in [6, 6.07) is 7.82. The second-order valence-electron chi connectivity index (χ2n) is 5.09. The molecule has 0 unspecified atom stereocenters. The van der Waals surface area contributed by atoms with Crippen molar-refractivity contribution in [3.63, 3.8) is 0 Å². The van der Waals surface area contributed by atoms with Gasteiger partial charge in [-0.3, -0.25) is 9.59 Å². The Bertz CT molecular complexity index is 459. The molecule has 102 valence electrons. The minimum Gasteiger partial charge on any atom is -0.481 e. The lowest BCUT2D eigenvalue weighted by molar-refractivity contribution is -0.136. The van der Waals surface area contributed by atoms with E-state index >= 15 is 0 Å². The Morgan fingerprint density at radius 2 is 1.79 bits per heavy atom. The van der Waals surface area contributed by atoms with Gasteiger partial charge in [0, 0.05) is 20.0 Å². The first kappa shape index (κ1) is 13.6. The standard InChI is InChI=1S/C15H19NO3/c1-11(17)16-8-6-14(7-9-16)13-4-2-12(3-5-13)10-15(18)19/h2-5,14H,6-10H2,1H3,(H,18,19). The van der Waals surface area contributed by atoms with Crippen LogP contribution >= 0.6 is 0 Å². The largest absolute Gasteiger partial charge is 0.481 e. The molecule has 19 heavy (non-hydrogen) atoms. The quantitative estimate of drug-likeness (QED) is 0.905. The molecule has 0 radical (unpaired) electrons. The Hall–Kier alpha value is -1.84. The number of piperidine rings is 1. The van der Waals surface area contributed by atoms with Crippen molar-refractivity contribution in [1.82, 2.24) is 4.90 Å². The molecule has 1 aromatic rings. The molecule has 1 saturated heterocycles. The van der Waals surface area contributed by atoms with Gasteiger partial charge in [0.25, 0.3) is 0 Å². The number of carboxylic acids is 1. The first-order valence-electron chi connectivity index (χ1n) is 6.62. The van der Waals surface area contributed by atoms with Crippen molar-refractivity contribution in [2.75, 3.05) is 13.1 Å². The second kappa shape index (κ2) is 5.87. The molecular formula is C15H19NO3. The van der Waals surface area contributed by atoms with Crippen LogP contribution in [0.3, 0.4) is 0 Å². The number of rotatable bonds is 3. The molecule has 1 aliphatic heterocycles. The molecule has 1 aliphatic rings. The molecule has 4 heteroatoms. The molecule has 0 aromatic heterocycles. The number of amides is 1. The summed E-state index contributed by atoms with van der Waals surface area (Å²) in [6.45, 7) is 3.24. The highest BCUT2D eigenvalue weighted by Crippen LogP contribution is 2.28. The summed E-state index contributed by atoms with van der Waals surface area (Å²) in [5.74, 6) is -0.174. The first-order valence-corrected chi connectivity index (χ1v) is 6.62. The van der Waals surface area contributed by atoms with Gasteiger partial charge < -0.3 is 10.0 Å². The Kier molecular flexibility index (Phi) is 4.20. The van der Waals surface area contributed by atoms with Crippen LogP contribution in [0.1, 0.15) is 36.8 Å². The highest BCUT2D eigenvalue weighted by molar-refractivity contribution is 5.73. The maximum Gasteiger partial charge on any atom is 0.307 e. The topological polar surface area (TPSA) is 57.6 Å². The fourth-order valence-electron chi connectivity index (χ4n) is 2.61. The summed E-state index contributed by atoms with van der Waals surface area (Å²) < 4.78 is 0. The smallest absolute Gasteiger partial charge is 0.307 e. The molecule has 1 heterocycles. The van der Waals surface area contributed by atoms with Gasteiger partial charge in [-0.25, -0.2) is 0 Å². The lowest BCUT2D eigenvalue weighted by Crippen LogP contribution is -2.36. The molecule has 1 N–H and O–H groups in total. The zero-order valence-electron chi connectivity index (χ0n) is 11.1. The normalized spacial score (nSPS) is 16.4. The van der Waals surface area contributed by atoms with Gasteiger partial charge in [0.2, 0.25) is 5.91 Å². The predicted octanol–water partition coefficient (Wildman–Crippen LogP) is 2.04. The average molecular weight is 261 g/mol. The number of carbonyl (C=O) groups is 2. The van der Waals surface area contributed by atoms with Gasteiger partial charge in [-0.05, 0) is 29.9 Å². The van der Waals surface area contributed by atoms with Gasteiger partial charge in [0.05, 0.1) is 6.42 Å². The number of carboxylic acid groups (broad SMARTS) is 1. The van der Waals surface area contributed by atoms with E-state index < -0.39 is 5.97 Å². The predicted molar refractivity (Wildman–Crippen MR) is 72.0 cm³/mol. The fourth-order valence-corrected chi connectivity index (χ4v) is 2.61. The van der Waals surface area contributed by atoms with Crippen LogP contribution in [-0.4, -0.2) is 35.0 Å². The Labute approximate surface area is 113 Å². The SMILES string of the molecule is CC(=O)N1CCC(c2ccc(CC(=O)O)cc2)CC1. The van der Waals surface area contributed by atoms with E-state index in [4.69, 9.17) is 5.11 Å². The molecule has 2 rings (SSSR count). The van der Waals surface area contributed by atoms with Crippen LogP contribution in [0.5, 0.6) is 0 Å². The van der Waals surface area contributed by atoms with E-state index in [0.717, 1.165) is 31.5 Å². The minimum absolute atomic E-state index is 0.0725. The third-order valence-electron chi connectivity index (χ3n) is 3.75. The van der Waals surface area contributed by atoms with Crippen molar-refractivity contribution >= 4 is 11.9 Å². The van der Waals surface area contributed by atoms with Crippen molar-refractivity contribution in [2.24, 2.45) is 0 Å². The summed E-state index contributed by atoms with van der Waals surface area (Å²) in [6.07, 6.45) is 2.04. The van der Waals surface area contributed by atoms with E-state index in [1.54, 1.807) is 6.92 Å². The molecule has 0 atom stereocenters. The number of nitrogens with zero attached hydrogens (tertiary/aromatic N) is 1. The van der Waals surface area contributed by atoms with Gasteiger partial charge >= 0.3 is 5.97 Å². The van der Waals surface area contributed by atoms with E-state index in [1.165, 1.54) is 5.56 Å². The van der Waals surface area contributed by atoms with Crippen molar-refractivity contribution in [3.05, 3.63) is 35.4 Å². The van der Waals surface area contributed by atoms with Gasteiger partial charge in [0.1, 0.15) is 0 Å². The van der Waals surface area contributed by atoms with Gasteiger partial charge in [0.15, 0.2) is 0 Å². The molecular weight excluding hydrogens is 242 g/mol. The molecule has 0 bridgehead atoms. The Morgan fingerprint density at radius 3 is 2.26 bits per heavy atom. The van der Waals surface area contributed by atoms with Gasteiger partial charge in [-0.15, -0.1) is 0 Å². The van der Waals surface area contributed by atoms with E-state index in [9.17, 15) is 9.59 Å². The van der Waals surface area contributed by atoms with Crippen molar-refractivity contribution in [3.8, 4) is 0 Å². The van der Waals surface area contributed by atoms with Crippen LogP contribution in [0.15, 0.2) is 24.3 Å². The molecule has 0 aliphatic carbocycles. The van der Waals surface area contributed by atoms with Gasteiger partial charge in [-0.2, -0.15) is 0 Å². The van der Waals surface area contributed by atoms with E-state index in [1.807, 2.05) is 29.2 Å². The summed E-state index contributed by atoms with van der Waals surface area (Å²) >= 11 is 0. The number of carbonyl (C=O) groups excluding carboxylic acids is 1. The fraction of sp³-hybridized carbons (Fsp3) is 0.467. The summed E-state index contributed by atoms with van der Waals surface area (Å²) in [5, 5.41) is 8.73. The van der Waals surface area contributed by atoms with Crippen LogP contribution < -0.4 is 0 Å². The number of hydrogen-bond donors (Lipinski definition) is 1. The maximum atomic E-state index is 11.3. The Morgan fingerprint density at radius 1 is 1.21 bits per heavy atom. The third-order valence-corrected chi connectivity index (χ3v) is 3.75. The highest BCUT2D eigenvalue weighted by atomic mass is 16.4. The monoisotopic (exact) mass is 261 g/mol. The summed E-state index contributed by atoms with van der Waals surface area (Å²) in [5.41, 5.74) is 2.08. The lowest BCUT2D eigenvalue weighted by Gasteiger charge is -2.31. The lowest BCUT2D eigenvalue weighted by atomic mass is 9.89. The van der Waals surface area contributed by atoms with E-state index in [-0.39, 0.29) is 12.3 Å². The second-order valence-corrected chi connectivity index (χ2v) is 5.09. The molecule has 4 nitrogen and oxygen atoms in total. The number of hydrogen-bond acceptors (Lipinski definition) is 2. The molecule has 1 aromatic carbocycles. The molecule has 0 spiro atoms. The average Bonchev–Trinajstić information content (AvgIpc) is 2.39. The van der Waals surface area contributed by atoms with Crippen LogP contribution in [0.2, 0.25) is 0 Å². The van der Waals surface area contributed by atoms with Crippen molar-refractivity contribution in [2.45, 2.75) is 32.1 Å². The van der Waals surface area contributed by atoms with Crippen LogP contribution in [0.25, 0.3) is 0 Å². The number of aliphatic carboxylic acids is 1. The zero-order chi connectivity index (χ0) is 13.8. The zero-order valence-corrected chi connectivity index (χ0v) is 11.1. The number of likely N-dealkylation sites (tertiary alicyclic amines) is 1. The van der Waals surface area contributed by atoms with Crippen LogP contribution in [0, 0.1) is 0 Å². The van der Waals surface area contributed by atoms with Crippen LogP contribution in [0.4, 0.5) is 0 Å². The molecule has 1 fully saturated rings. The van der Waals surface area contributed by atoms with E-state index in [2.05, 4.69) is 0 Å². The number of benzene rings is 1. The minimum atomic E-state index is -0.803. The van der Waals surface area contributed by atoms with Crippen molar-refractivity contribution < 1.29 is 14.7 Å². The summed E-state index contributed by atoms with van der Waals surface area (Å²) in [7, 11) is 0. The third kappa shape index (κ3) is 3.56. The first-order chi connectivity index (χ1) is 9.06. The molecule has 0 saturated carbocycles. The summed E-state index contributed by atoms with van der Waals surface area (Å²) in [4.78, 5) is 23.8.